The lowest BCUT2D eigenvalue weighted by molar-refractivity contribution is -0.0837. The average Bonchev–Trinajstić information content (AvgIpc) is 2.20. The summed E-state index contributed by atoms with van der Waals surface area (Å²) in [5.74, 6) is 0.854. The molecule has 1 aliphatic heterocycles. The normalized spacial score (nSPS) is 35.9. The van der Waals surface area contributed by atoms with E-state index < -0.39 is 9.73 Å². The van der Waals surface area contributed by atoms with Crippen molar-refractivity contribution in [2.45, 2.75) is 32.0 Å². The van der Waals surface area contributed by atoms with E-state index in [2.05, 4.69) is 4.36 Å². The van der Waals surface area contributed by atoms with Gasteiger partial charge in [-0.1, -0.05) is 6.92 Å². The van der Waals surface area contributed by atoms with Crippen molar-refractivity contribution in [2.75, 3.05) is 25.7 Å². The fraction of sp³-hybridized carbons (Fsp3) is 1.00. The van der Waals surface area contributed by atoms with E-state index in [9.17, 15) is 9.32 Å². The number of aliphatic hydroxyl groups excluding tert-OH is 1. The van der Waals surface area contributed by atoms with Crippen LogP contribution in [0.3, 0.4) is 0 Å². The molecule has 0 aromatic heterocycles. The minimum absolute atomic E-state index is 0.130. The van der Waals surface area contributed by atoms with E-state index in [1.165, 1.54) is 0 Å². The summed E-state index contributed by atoms with van der Waals surface area (Å²) in [6.45, 7) is 2.42. The summed E-state index contributed by atoms with van der Waals surface area (Å²) in [6.07, 6.45) is 3.08. The summed E-state index contributed by atoms with van der Waals surface area (Å²) in [7, 11) is -0.424. The molecule has 1 rings (SSSR count). The van der Waals surface area contributed by atoms with Gasteiger partial charge < -0.3 is 9.84 Å². The molecule has 0 aromatic rings. The largest absolute Gasteiger partial charge is 0.390 e. The maximum atomic E-state index is 11.7. The molecule has 0 saturated carbocycles. The van der Waals surface area contributed by atoms with E-state index in [4.69, 9.17) is 4.74 Å². The first-order valence-electron chi connectivity index (χ1n) is 5.32. The maximum absolute atomic E-state index is 11.7. The zero-order valence-electron chi connectivity index (χ0n) is 9.68. The van der Waals surface area contributed by atoms with Gasteiger partial charge in [-0.2, -0.15) is 0 Å². The van der Waals surface area contributed by atoms with Crippen LogP contribution >= 0.6 is 0 Å². The lowest BCUT2D eigenvalue weighted by Gasteiger charge is -2.31. The molecule has 1 heterocycles. The number of ether oxygens (including phenoxy) is 1. The van der Waals surface area contributed by atoms with Gasteiger partial charge >= 0.3 is 0 Å². The van der Waals surface area contributed by atoms with E-state index in [-0.39, 0.29) is 18.1 Å². The Bertz CT molecular complexity index is 310. The van der Waals surface area contributed by atoms with E-state index in [1.54, 1.807) is 13.3 Å². The first-order valence-corrected chi connectivity index (χ1v) is 7.41. The van der Waals surface area contributed by atoms with Crippen LogP contribution in [0, 0.1) is 5.92 Å². The van der Waals surface area contributed by atoms with Crippen molar-refractivity contribution in [1.29, 1.82) is 0 Å². The summed E-state index contributed by atoms with van der Waals surface area (Å²) in [6, 6.07) is 0. The maximum Gasteiger partial charge on any atom is 0.0800 e. The zero-order valence-corrected chi connectivity index (χ0v) is 10.5. The summed E-state index contributed by atoms with van der Waals surface area (Å²) >= 11 is 0. The Balaban J connectivity index is 2.38. The van der Waals surface area contributed by atoms with Crippen molar-refractivity contribution in [1.82, 2.24) is 0 Å². The first-order chi connectivity index (χ1) is 6.94. The molecule has 15 heavy (non-hydrogen) atoms. The van der Waals surface area contributed by atoms with Crippen LogP contribution in [0.25, 0.3) is 0 Å². The minimum Gasteiger partial charge on any atom is -0.390 e. The van der Waals surface area contributed by atoms with Crippen LogP contribution in [0.1, 0.15) is 19.8 Å². The molecule has 1 N–H and O–H groups in total. The van der Waals surface area contributed by atoms with Crippen molar-refractivity contribution in [2.24, 2.45) is 10.3 Å². The Morgan fingerprint density at radius 3 is 2.80 bits per heavy atom. The molecule has 0 amide bonds. The third-order valence-corrected chi connectivity index (χ3v) is 4.76. The van der Waals surface area contributed by atoms with Crippen molar-refractivity contribution >= 4 is 9.73 Å². The molecule has 1 unspecified atom stereocenters. The predicted molar refractivity (Wildman–Crippen MR) is 61.4 cm³/mol. The molecule has 0 radical (unpaired) electrons. The highest BCUT2D eigenvalue weighted by Gasteiger charge is 2.26. The predicted octanol–water partition coefficient (Wildman–Crippen LogP) is 0.890. The van der Waals surface area contributed by atoms with E-state index in [1.807, 2.05) is 6.92 Å². The molecule has 1 saturated heterocycles. The van der Waals surface area contributed by atoms with Crippen molar-refractivity contribution in [3.05, 3.63) is 0 Å². The minimum atomic E-state index is -2.02. The lowest BCUT2D eigenvalue weighted by Crippen LogP contribution is -2.36. The van der Waals surface area contributed by atoms with Gasteiger partial charge in [-0.05, 0) is 18.8 Å². The molecule has 90 valence electrons. The van der Waals surface area contributed by atoms with Crippen LogP contribution in [-0.2, 0) is 14.5 Å². The van der Waals surface area contributed by atoms with Gasteiger partial charge in [0.1, 0.15) is 0 Å². The van der Waals surface area contributed by atoms with Crippen LogP contribution in [0.2, 0.25) is 0 Å². The number of rotatable bonds is 3. The molecule has 0 aliphatic carbocycles. The van der Waals surface area contributed by atoms with Gasteiger partial charge in [-0.15, -0.1) is 0 Å². The van der Waals surface area contributed by atoms with Gasteiger partial charge in [-0.25, -0.2) is 4.36 Å². The van der Waals surface area contributed by atoms with Gasteiger partial charge in [0, 0.05) is 28.8 Å². The highest BCUT2D eigenvalue weighted by atomic mass is 32.2. The molecule has 4 nitrogen and oxygen atoms in total. The van der Waals surface area contributed by atoms with Crippen molar-refractivity contribution in [3.8, 4) is 0 Å². The SMILES string of the molecule is CN=S(C)(=O)CC[C@@H]1C[C@H](C)[C@H](O)CO1. The van der Waals surface area contributed by atoms with Crippen LogP contribution in [-0.4, -0.2) is 47.2 Å². The lowest BCUT2D eigenvalue weighted by atomic mass is 9.94. The van der Waals surface area contributed by atoms with Gasteiger partial charge in [0.15, 0.2) is 0 Å². The Kier molecular flexibility index (Phi) is 4.55. The highest BCUT2D eigenvalue weighted by molar-refractivity contribution is 7.92. The Morgan fingerprint density at radius 1 is 1.60 bits per heavy atom. The first kappa shape index (κ1) is 12.9. The Hall–Kier alpha value is -0.130. The van der Waals surface area contributed by atoms with Gasteiger partial charge in [-0.3, -0.25) is 4.21 Å². The third-order valence-electron chi connectivity index (χ3n) is 3.00. The molecule has 0 aromatic carbocycles. The fourth-order valence-corrected chi connectivity index (χ4v) is 2.56. The summed E-state index contributed by atoms with van der Waals surface area (Å²) in [4.78, 5) is 0. The third kappa shape index (κ3) is 4.09. The fourth-order valence-electron chi connectivity index (χ4n) is 1.68. The molecular formula is C10H21NO3S. The molecule has 5 heteroatoms. The smallest absolute Gasteiger partial charge is 0.0800 e. The van der Waals surface area contributed by atoms with Crippen LogP contribution in [0.15, 0.2) is 4.36 Å². The average molecular weight is 235 g/mol. The number of nitrogens with zero attached hydrogens (tertiary/aromatic N) is 1. The standard InChI is InChI=1S/C10H21NO3S/c1-8-6-9(14-7-10(8)12)4-5-15(3,13)11-2/h8-10,12H,4-7H2,1-3H3/t8-,9+,10+,15?/m0/s1. The van der Waals surface area contributed by atoms with E-state index in [0.29, 0.717) is 12.4 Å². The number of aliphatic hydroxyl groups is 1. The molecular weight excluding hydrogens is 214 g/mol. The molecule has 1 fully saturated rings. The molecule has 1 aliphatic rings. The van der Waals surface area contributed by atoms with Gasteiger partial charge in [0.2, 0.25) is 0 Å². The topological polar surface area (TPSA) is 58.9 Å². The zero-order chi connectivity index (χ0) is 11.5. The van der Waals surface area contributed by atoms with Crippen molar-refractivity contribution in [3.63, 3.8) is 0 Å². The summed E-state index contributed by atoms with van der Waals surface area (Å²) < 4.78 is 21.0. The van der Waals surface area contributed by atoms with Crippen LogP contribution in [0.4, 0.5) is 0 Å². The summed E-state index contributed by atoms with van der Waals surface area (Å²) in [5, 5.41) is 9.47. The second-order valence-electron chi connectivity index (χ2n) is 4.37. The van der Waals surface area contributed by atoms with E-state index in [0.717, 1.165) is 12.8 Å². The quantitative estimate of drug-likeness (QED) is 0.790. The number of hydrogen-bond acceptors (Lipinski definition) is 4. The Labute approximate surface area is 92.2 Å². The second-order valence-corrected chi connectivity index (χ2v) is 7.06. The van der Waals surface area contributed by atoms with Crippen LogP contribution in [0.5, 0.6) is 0 Å². The molecule has 0 spiro atoms. The molecule has 0 bridgehead atoms. The second kappa shape index (κ2) is 5.27. The summed E-state index contributed by atoms with van der Waals surface area (Å²) in [5.41, 5.74) is 0. The van der Waals surface area contributed by atoms with Gasteiger partial charge in [0.25, 0.3) is 0 Å². The Morgan fingerprint density at radius 2 is 2.27 bits per heavy atom. The van der Waals surface area contributed by atoms with Gasteiger partial charge in [0.05, 0.1) is 18.8 Å². The van der Waals surface area contributed by atoms with E-state index >= 15 is 0 Å². The monoisotopic (exact) mass is 235 g/mol. The highest BCUT2D eigenvalue weighted by Crippen LogP contribution is 2.22. The molecule has 4 atom stereocenters. The van der Waals surface area contributed by atoms with Crippen LogP contribution < -0.4 is 0 Å². The number of hydrogen-bond donors (Lipinski definition) is 1. The van der Waals surface area contributed by atoms with Crippen molar-refractivity contribution < 1.29 is 14.1 Å².